The van der Waals surface area contributed by atoms with Gasteiger partial charge < -0.3 is 5.32 Å². The van der Waals surface area contributed by atoms with E-state index in [9.17, 15) is 13.2 Å². The van der Waals surface area contributed by atoms with Gasteiger partial charge in [0.15, 0.2) is 0 Å². The second-order valence-electron chi connectivity index (χ2n) is 4.99. The Kier molecular flexibility index (Phi) is 4.96. The maximum Gasteiger partial charge on any atom is 0.417 e. The van der Waals surface area contributed by atoms with E-state index in [1.54, 1.807) is 6.07 Å². The molecule has 0 aliphatic heterocycles. The lowest BCUT2D eigenvalue weighted by atomic mass is 10.1. The highest BCUT2D eigenvalue weighted by molar-refractivity contribution is 7.15. The summed E-state index contributed by atoms with van der Waals surface area (Å²) in [5.41, 5.74) is -0.260. The number of alkyl halides is 3. The van der Waals surface area contributed by atoms with Gasteiger partial charge in [0.25, 0.3) is 0 Å². The lowest BCUT2D eigenvalue weighted by molar-refractivity contribution is -0.137. The van der Waals surface area contributed by atoms with Crippen molar-refractivity contribution in [1.29, 1.82) is 0 Å². The molecule has 114 valence electrons. The van der Waals surface area contributed by atoms with Gasteiger partial charge in [-0.15, -0.1) is 11.3 Å². The minimum atomic E-state index is -4.44. The van der Waals surface area contributed by atoms with Crippen molar-refractivity contribution in [2.45, 2.75) is 32.6 Å². The van der Waals surface area contributed by atoms with Gasteiger partial charge in [-0.3, -0.25) is 0 Å². The first-order valence-electron chi connectivity index (χ1n) is 6.46. The molecular formula is C15H15ClF3NS. The Morgan fingerprint density at radius 3 is 2.52 bits per heavy atom. The van der Waals surface area contributed by atoms with Crippen LogP contribution in [0.2, 0.25) is 5.02 Å². The Hall–Kier alpha value is -1.04. The second-order valence-corrected chi connectivity index (χ2v) is 6.57. The van der Waals surface area contributed by atoms with Gasteiger partial charge in [0.05, 0.1) is 10.6 Å². The fourth-order valence-corrected chi connectivity index (χ4v) is 3.01. The summed E-state index contributed by atoms with van der Waals surface area (Å²) in [5.74, 6) is 0. The lowest BCUT2D eigenvalue weighted by Gasteiger charge is -2.10. The zero-order chi connectivity index (χ0) is 15.6. The monoisotopic (exact) mass is 333 g/mol. The van der Waals surface area contributed by atoms with Crippen LogP contribution in [0.3, 0.4) is 0 Å². The minimum Gasteiger partial charge on any atom is -0.310 e. The average molecular weight is 334 g/mol. The Labute approximate surface area is 130 Å². The van der Waals surface area contributed by atoms with Gasteiger partial charge >= 0.3 is 6.18 Å². The van der Waals surface area contributed by atoms with Crippen LogP contribution in [-0.4, -0.2) is 6.04 Å². The standard InChI is InChI=1S/C15H15ClF3NS/c1-9(2)20-8-11-4-6-14(21-11)10-3-5-13(16)12(7-10)15(17,18)19/h3-7,9,20H,8H2,1-2H3. The Morgan fingerprint density at radius 2 is 1.90 bits per heavy atom. The van der Waals surface area contributed by atoms with E-state index >= 15 is 0 Å². The molecule has 0 aliphatic rings. The molecule has 0 bridgehead atoms. The predicted molar refractivity (Wildman–Crippen MR) is 81.7 cm³/mol. The summed E-state index contributed by atoms with van der Waals surface area (Å²) >= 11 is 7.11. The van der Waals surface area contributed by atoms with Gasteiger partial charge in [0.2, 0.25) is 0 Å². The summed E-state index contributed by atoms with van der Waals surface area (Å²) < 4.78 is 38.6. The fourth-order valence-electron chi connectivity index (χ4n) is 1.83. The van der Waals surface area contributed by atoms with E-state index < -0.39 is 11.7 Å². The number of halogens is 4. The summed E-state index contributed by atoms with van der Waals surface area (Å²) in [5, 5.41) is 3.01. The molecule has 0 unspecified atom stereocenters. The van der Waals surface area contributed by atoms with E-state index in [0.29, 0.717) is 18.2 Å². The first kappa shape index (κ1) is 16.3. The molecule has 2 aromatic rings. The molecule has 2 rings (SSSR count). The fraction of sp³-hybridized carbons (Fsp3) is 0.333. The van der Waals surface area contributed by atoms with Crippen LogP contribution in [0.15, 0.2) is 30.3 Å². The van der Waals surface area contributed by atoms with Crippen LogP contribution in [0.4, 0.5) is 13.2 Å². The van der Waals surface area contributed by atoms with Crippen LogP contribution in [-0.2, 0) is 12.7 Å². The molecule has 1 heterocycles. The third-order valence-electron chi connectivity index (χ3n) is 2.90. The largest absolute Gasteiger partial charge is 0.417 e. The number of benzene rings is 1. The first-order chi connectivity index (χ1) is 9.77. The zero-order valence-electron chi connectivity index (χ0n) is 11.6. The molecule has 0 saturated carbocycles. The van der Waals surface area contributed by atoms with Gasteiger partial charge in [0.1, 0.15) is 0 Å². The third-order valence-corrected chi connectivity index (χ3v) is 4.37. The van der Waals surface area contributed by atoms with E-state index in [4.69, 9.17) is 11.6 Å². The highest BCUT2D eigenvalue weighted by Gasteiger charge is 2.33. The molecule has 0 radical (unpaired) electrons. The van der Waals surface area contributed by atoms with Crippen molar-refractivity contribution in [2.75, 3.05) is 0 Å². The molecule has 0 spiro atoms. The Morgan fingerprint density at radius 1 is 1.19 bits per heavy atom. The summed E-state index contributed by atoms with van der Waals surface area (Å²) in [7, 11) is 0. The zero-order valence-corrected chi connectivity index (χ0v) is 13.2. The topological polar surface area (TPSA) is 12.0 Å². The van der Waals surface area contributed by atoms with Crippen molar-refractivity contribution in [3.63, 3.8) is 0 Å². The van der Waals surface area contributed by atoms with E-state index in [-0.39, 0.29) is 5.02 Å². The average Bonchev–Trinajstić information content (AvgIpc) is 2.84. The number of nitrogens with one attached hydrogen (secondary N) is 1. The van der Waals surface area contributed by atoms with Gasteiger partial charge in [-0.25, -0.2) is 0 Å². The molecule has 6 heteroatoms. The highest BCUT2D eigenvalue weighted by atomic mass is 35.5. The smallest absolute Gasteiger partial charge is 0.310 e. The highest BCUT2D eigenvalue weighted by Crippen LogP contribution is 2.38. The van der Waals surface area contributed by atoms with Crippen molar-refractivity contribution in [3.05, 3.63) is 45.8 Å². The molecule has 0 saturated heterocycles. The number of hydrogen-bond acceptors (Lipinski definition) is 2. The Balaban J connectivity index is 2.26. The van der Waals surface area contributed by atoms with Crippen molar-refractivity contribution in [1.82, 2.24) is 5.32 Å². The molecule has 1 aromatic heterocycles. The van der Waals surface area contributed by atoms with Crippen LogP contribution in [0.1, 0.15) is 24.3 Å². The van der Waals surface area contributed by atoms with Crippen LogP contribution < -0.4 is 5.32 Å². The van der Waals surface area contributed by atoms with Crippen molar-refractivity contribution < 1.29 is 13.2 Å². The van der Waals surface area contributed by atoms with Gasteiger partial charge in [-0.1, -0.05) is 31.5 Å². The summed E-state index contributed by atoms with van der Waals surface area (Å²) in [6, 6.07) is 8.15. The number of thiophene rings is 1. The molecule has 1 N–H and O–H groups in total. The van der Waals surface area contributed by atoms with Gasteiger partial charge in [-0.2, -0.15) is 13.2 Å². The van der Waals surface area contributed by atoms with Crippen LogP contribution in [0, 0.1) is 0 Å². The van der Waals surface area contributed by atoms with Crippen LogP contribution in [0.5, 0.6) is 0 Å². The maximum atomic E-state index is 12.9. The normalized spacial score (nSPS) is 12.1. The minimum absolute atomic E-state index is 0.274. The first-order valence-corrected chi connectivity index (χ1v) is 7.66. The summed E-state index contributed by atoms with van der Waals surface area (Å²) in [6.45, 7) is 4.80. The predicted octanol–water partition coefficient (Wildman–Crippen LogP) is 5.59. The van der Waals surface area contributed by atoms with E-state index in [2.05, 4.69) is 5.32 Å². The van der Waals surface area contributed by atoms with E-state index in [0.717, 1.165) is 15.8 Å². The Bertz CT molecular complexity index is 620. The second kappa shape index (κ2) is 6.38. The number of rotatable bonds is 4. The lowest BCUT2D eigenvalue weighted by Crippen LogP contribution is -2.21. The van der Waals surface area contributed by atoms with Crippen molar-refractivity contribution >= 4 is 22.9 Å². The summed E-state index contributed by atoms with van der Waals surface area (Å²) in [6.07, 6.45) is -4.44. The number of hydrogen-bond donors (Lipinski definition) is 1. The molecule has 1 aromatic carbocycles. The molecule has 0 fully saturated rings. The van der Waals surface area contributed by atoms with Crippen LogP contribution >= 0.6 is 22.9 Å². The van der Waals surface area contributed by atoms with E-state index in [1.807, 2.05) is 26.0 Å². The summed E-state index contributed by atoms with van der Waals surface area (Å²) in [4.78, 5) is 1.89. The molecule has 1 nitrogen and oxygen atoms in total. The molecule has 0 aliphatic carbocycles. The molecule has 21 heavy (non-hydrogen) atoms. The van der Waals surface area contributed by atoms with Crippen molar-refractivity contribution in [3.8, 4) is 10.4 Å². The molecular weight excluding hydrogens is 319 g/mol. The van der Waals surface area contributed by atoms with Gasteiger partial charge in [-0.05, 0) is 29.8 Å². The van der Waals surface area contributed by atoms with Crippen molar-refractivity contribution in [2.24, 2.45) is 0 Å². The third kappa shape index (κ3) is 4.22. The van der Waals surface area contributed by atoms with Gasteiger partial charge in [0, 0.05) is 22.3 Å². The molecule has 0 amide bonds. The quantitative estimate of drug-likeness (QED) is 0.769. The maximum absolute atomic E-state index is 12.9. The van der Waals surface area contributed by atoms with Crippen LogP contribution in [0.25, 0.3) is 10.4 Å². The molecule has 0 atom stereocenters. The SMILES string of the molecule is CC(C)NCc1ccc(-c2ccc(Cl)c(C(F)(F)F)c2)s1. The van der Waals surface area contributed by atoms with E-state index in [1.165, 1.54) is 17.4 Å².